The lowest BCUT2D eigenvalue weighted by atomic mass is 10.2. The first kappa shape index (κ1) is 11.7. The fraction of sp³-hybridized carbons (Fsp3) is 0.143. The average Bonchev–Trinajstić information content (AvgIpc) is 2.15. The molecule has 0 N–H and O–H groups in total. The maximum absolute atomic E-state index is 12.3. The van der Waals surface area contributed by atoms with Gasteiger partial charge >= 0.3 is 5.69 Å². The molecule has 5 nitrogen and oxygen atoms in total. The molecule has 0 aliphatic heterocycles. The molecule has 1 aromatic rings. The first-order valence-electron chi connectivity index (χ1n) is 3.50. The van der Waals surface area contributed by atoms with Crippen molar-refractivity contribution in [1.29, 1.82) is 5.26 Å². The second-order valence-electron chi connectivity index (χ2n) is 2.40. The lowest BCUT2D eigenvalue weighted by molar-refractivity contribution is -0.386. The van der Waals surface area contributed by atoms with E-state index in [9.17, 15) is 18.9 Å². The molecule has 78 valence electrons. The van der Waals surface area contributed by atoms with Crippen LogP contribution in [0.15, 0.2) is 6.07 Å². The van der Waals surface area contributed by atoms with Crippen LogP contribution in [0.25, 0.3) is 0 Å². The summed E-state index contributed by atoms with van der Waals surface area (Å²) < 4.78 is 24.5. The third kappa shape index (κ3) is 2.35. The number of hydrogen-bond donors (Lipinski definition) is 0. The van der Waals surface area contributed by atoms with Crippen LogP contribution in [0.4, 0.5) is 14.5 Å². The highest BCUT2D eigenvalue weighted by molar-refractivity contribution is 14.1. The average molecular weight is 325 g/mol. The van der Waals surface area contributed by atoms with E-state index in [-0.39, 0.29) is 3.57 Å². The van der Waals surface area contributed by atoms with Gasteiger partial charge in [-0.25, -0.2) is 13.8 Å². The monoisotopic (exact) mass is 325 g/mol. The Hall–Kier alpha value is -1.37. The van der Waals surface area contributed by atoms with Crippen LogP contribution in [-0.2, 0) is 0 Å². The van der Waals surface area contributed by atoms with E-state index in [0.717, 1.165) is 6.07 Å². The highest BCUT2D eigenvalue weighted by atomic mass is 127. The van der Waals surface area contributed by atoms with Crippen molar-refractivity contribution in [2.75, 3.05) is 0 Å². The van der Waals surface area contributed by atoms with E-state index in [1.54, 1.807) is 0 Å². The summed E-state index contributed by atoms with van der Waals surface area (Å²) >= 11 is 1.52. The van der Waals surface area contributed by atoms with Gasteiger partial charge in [-0.3, -0.25) is 10.1 Å². The second kappa shape index (κ2) is 4.43. The van der Waals surface area contributed by atoms with Crippen molar-refractivity contribution in [3.63, 3.8) is 0 Å². The number of aromatic nitrogens is 1. The molecular formula is C7H2F2IN3O2. The standard InChI is InChI=1S/C7H2F2IN3O2/c8-7(9)4-1-3(10)6(13(14)15)5(2-11)12-4/h1,7H. The third-order valence-corrected chi connectivity index (χ3v) is 2.30. The molecule has 8 heteroatoms. The van der Waals surface area contributed by atoms with E-state index >= 15 is 0 Å². The summed E-state index contributed by atoms with van der Waals surface area (Å²) in [5.74, 6) is 0. The van der Waals surface area contributed by atoms with Crippen molar-refractivity contribution in [3.05, 3.63) is 31.1 Å². The predicted octanol–water partition coefficient (Wildman–Crippen LogP) is 2.40. The van der Waals surface area contributed by atoms with E-state index in [1.165, 1.54) is 28.7 Å². The van der Waals surface area contributed by atoms with Gasteiger partial charge in [-0.15, -0.1) is 0 Å². The molecule has 15 heavy (non-hydrogen) atoms. The number of nitro groups is 1. The molecule has 0 bridgehead atoms. The number of halogens is 3. The smallest absolute Gasteiger partial charge is 0.258 e. The predicted molar refractivity (Wildman–Crippen MR) is 53.3 cm³/mol. The lowest BCUT2D eigenvalue weighted by Crippen LogP contribution is -2.02. The number of nitriles is 1. The maximum atomic E-state index is 12.3. The van der Waals surface area contributed by atoms with E-state index in [1.807, 2.05) is 0 Å². The van der Waals surface area contributed by atoms with Crippen LogP contribution in [0.2, 0.25) is 0 Å². The second-order valence-corrected chi connectivity index (χ2v) is 3.56. The Kier molecular flexibility index (Phi) is 3.46. The molecular weight excluding hydrogens is 323 g/mol. The molecule has 0 unspecified atom stereocenters. The van der Waals surface area contributed by atoms with Gasteiger partial charge in [-0.05, 0) is 28.7 Å². The molecule has 0 aliphatic rings. The van der Waals surface area contributed by atoms with Crippen LogP contribution >= 0.6 is 22.6 Å². The Bertz CT molecular complexity index is 458. The van der Waals surface area contributed by atoms with Crippen molar-refractivity contribution >= 4 is 28.3 Å². The Morgan fingerprint density at radius 1 is 1.67 bits per heavy atom. The van der Waals surface area contributed by atoms with E-state index in [4.69, 9.17) is 5.26 Å². The number of nitrogens with zero attached hydrogens (tertiary/aromatic N) is 3. The van der Waals surface area contributed by atoms with Crippen LogP contribution in [0, 0.1) is 25.0 Å². The number of rotatable bonds is 2. The highest BCUT2D eigenvalue weighted by Gasteiger charge is 2.23. The first-order chi connectivity index (χ1) is 6.97. The molecule has 0 amide bonds. The van der Waals surface area contributed by atoms with Crippen molar-refractivity contribution in [2.45, 2.75) is 6.43 Å². The largest absolute Gasteiger partial charge is 0.318 e. The molecule has 0 atom stereocenters. The zero-order valence-corrected chi connectivity index (χ0v) is 9.10. The lowest BCUT2D eigenvalue weighted by Gasteiger charge is -2.01. The minimum atomic E-state index is -2.86. The molecule has 0 saturated carbocycles. The van der Waals surface area contributed by atoms with Crippen molar-refractivity contribution in [1.82, 2.24) is 4.98 Å². The van der Waals surface area contributed by atoms with Crippen LogP contribution in [0.1, 0.15) is 17.8 Å². The molecule has 0 fully saturated rings. The van der Waals surface area contributed by atoms with Gasteiger partial charge < -0.3 is 0 Å². The molecule has 0 spiro atoms. The van der Waals surface area contributed by atoms with Gasteiger partial charge in [0.1, 0.15) is 11.8 Å². The van der Waals surface area contributed by atoms with Crippen LogP contribution in [0.5, 0.6) is 0 Å². The van der Waals surface area contributed by atoms with E-state index in [2.05, 4.69) is 4.98 Å². The fourth-order valence-corrected chi connectivity index (χ4v) is 1.66. The minimum absolute atomic E-state index is 0.0283. The maximum Gasteiger partial charge on any atom is 0.318 e. The molecule has 1 heterocycles. The van der Waals surface area contributed by atoms with Gasteiger partial charge in [0.25, 0.3) is 6.43 Å². The first-order valence-corrected chi connectivity index (χ1v) is 4.58. The topological polar surface area (TPSA) is 79.8 Å². The summed E-state index contributed by atoms with van der Waals surface area (Å²) in [5, 5.41) is 19.0. The van der Waals surface area contributed by atoms with Crippen molar-refractivity contribution in [2.24, 2.45) is 0 Å². The summed E-state index contributed by atoms with van der Waals surface area (Å²) in [6.45, 7) is 0. The Balaban J connectivity index is 3.46. The minimum Gasteiger partial charge on any atom is -0.258 e. The molecule has 0 aliphatic carbocycles. The summed E-state index contributed by atoms with van der Waals surface area (Å²) in [6, 6.07) is 2.32. The molecule has 0 aromatic carbocycles. The Morgan fingerprint density at radius 2 is 2.27 bits per heavy atom. The van der Waals surface area contributed by atoms with Crippen LogP contribution in [-0.4, -0.2) is 9.91 Å². The fourth-order valence-electron chi connectivity index (χ4n) is 0.889. The number of hydrogen-bond acceptors (Lipinski definition) is 4. The SMILES string of the molecule is N#Cc1nc(C(F)F)cc(I)c1[N+](=O)[O-]. The van der Waals surface area contributed by atoms with Crippen molar-refractivity contribution < 1.29 is 13.7 Å². The van der Waals surface area contributed by atoms with Crippen molar-refractivity contribution in [3.8, 4) is 6.07 Å². The van der Waals surface area contributed by atoms with Gasteiger partial charge in [0, 0.05) is 0 Å². The molecule has 0 saturated heterocycles. The van der Waals surface area contributed by atoms with Gasteiger partial charge in [0.05, 0.1) is 8.49 Å². The summed E-state index contributed by atoms with van der Waals surface area (Å²) in [4.78, 5) is 12.9. The van der Waals surface area contributed by atoms with Gasteiger partial charge in [-0.1, -0.05) is 0 Å². The van der Waals surface area contributed by atoms with Crippen LogP contribution in [0.3, 0.4) is 0 Å². The van der Waals surface area contributed by atoms with Crippen LogP contribution < -0.4 is 0 Å². The molecule has 1 aromatic heterocycles. The zero-order valence-electron chi connectivity index (χ0n) is 6.95. The van der Waals surface area contributed by atoms with E-state index in [0.29, 0.717) is 0 Å². The Labute approximate surface area is 96.0 Å². The number of alkyl halides is 2. The quantitative estimate of drug-likeness (QED) is 0.475. The van der Waals surface area contributed by atoms with Gasteiger partial charge in [0.15, 0.2) is 0 Å². The Morgan fingerprint density at radius 3 is 2.67 bits per heavy atom. The highest BCUT2D eigenvalue weighted by Crippen LogP contribution is 2.28. The summed E-state index contributed by atoms with van der Waals surface area (Å²) in [5.41, 5.74) is -1.77. The summed E-state index contributed by atoms with van der Waals surface area (Å²) in [7, 11) is 0. The third-order valence-electron chi connectivity index (χ3n) is 1.48. The van der Waals surface area contributed by atoms with Gasteiger partial charge in [0.2, 0.25) is 5.69 Å². The number of pyridine rings is 1. The molecule has 1 rings (SSSR count). The summed E-state index contributed by atoms with van der Waals surface area (Å²) in [6.07, 6.45) is -2.86. The normalized spacial score (nSPS) is 10.1. The zero-order chi connectivity index (χ0) is 11.6. The molecule has 0 radical (unpaired) electrons. The van der Waals surface area contributed by atoms with E-state index < -0.39 is 28.4 Å². The van der Waals surface area contributed by atoms with Gasteiger partial charge in [-0.2, -0.15) is 5.26 Å².